The van der Waals surface area contributed by atoms with Gasteiger partial charge in [-0.3, -0.25) is 4.79 Å². The third-order valence-corrected chi connectivity index (χ3v) is 3.51. The van der Waals surface area contributed by atoms with Gasteiger partial charge in [0.2, 0.25) is 0 Å². The molecular weight excluding hydrogens is 351 g/mol. The highest BCUT2D eigenvalue weighted by Crippen LogP contribution is 2.19. The van der Waals surface area contributed by atoms with Gasteiger partial charge in [0.05, 0.1) is 5.56 Å². The molecule has 0 spiro atoms. The van der Waals surface area contributed by atoms with Gasteiger partial charge in [-0.1, -0.05) is 6.07 Å². The van der Waals surface area contributed by atoms with E-state index in [2.05, 4.69) is 33.2 Å². The van der Waals surface area contributed by atoms with Crippen molar-refractivity contribution in [1.82, 2.24) is 0 Å². The van der Waals surface area contributed by atoms with Gasteiger partial charge in [0, 0.05) is 22.0 Å². The van der Waals surface area contributed by atoms with Crippen molar-refractivity contribution in [1.29, 1.82) is 0 Å². The summed E-state index contributed by atoms with van der Waals surface area (Å²) in [5.74, 6) is -0.106. The van der Waals surface area contributed by atoms with E-state index in [1.165, 1.54) is 0 Å². The first-order valence-corrected chi connectivity index (χ1v) is 7.03. The van der Waals surface area contributed by atoms with Crippen molar-refractivity contribution >= 4 is 39.9 Å². The third kappa shape index (κ3) is 3.47. The summed E-state index contributed by atoms with van der Waals surface area (Å²) in [6.45, 7) is 2.00. The Morgan fingerprint density at radius 3 is 2.42 bits per heavy atom. The number of anilines is 2. The Balaban J connectivity index is 2.22. The van der Waals surface area contributed by atoms with Crippen molar-refractivity contribution in [3.8, 4) is 0 Å². The maximum Gasteiger partial charge on any atom is 0.257 e. The van der Waals surface area contributed by atoms with Gasteiger partial charge in [0.15, 0.2) is 0 Å². The highest BCUT2D eigenvalue weighted by molar-refractivity contribution is 14.1. The fourth-order valence-electron chi connectivity index (χ4n) is 1.79. The number of nitrogens with one attached hydrogen (secondary N) is 2. The van der Waals surface area contributed by atoms with Gasteiger partial charge in [0.25, 0.3) is 5.91 Å². The van der Waals surface area contributed by atoms with E-state index in [4.69, 9.17) is 0 Å². The molecule has 2 N–H and O–H groups in total. The Morgan fingerprint density at radius 2 is 1.79 bits per heavy atom. The number of aryl methyl sites for hydroxylation is 1. The van der Waals surface area contributed by atoms with Gasteiger partial charge < -0.3 is 10.6 Å². The molecule has 0 saturated heterocycles. The van der Waals surface area contributed by atoms with Crippen molar-refractivity contribution < 1.29 is 4.79 Å². The summed E-state index contributed by atoms with van der Waals surface area (Å²) in [5, 5.41) is 5.95. The summed E-state index contributed by atoms with van der Waals surface area (Å²) in [5.41, 5.74) is 3.40. The van der Waals surface area contributed by atoms with Crippen molar-refractivity contribution in [2.45, 2.75) is 6.92 Å². The molecule has 0 fully saturated rings. The zero-order chi connectivity index (χ0) is 13.8. The summed E-state index contributed by atoms with van der Waals surface area (Å²) in [6.07, 6.45) is 0. The van der Waals surface area contributed by atoms with Crippen LogP contribution in [0.3, 0.4) is 0 Å². The van der Waals surface area contributed by atoms with E-state index in [0.717, 1.165) is 20.5 Å². The quantitative estimate of drug-likeness (QED) is 0.810. The van der Waals surface area contributed by atoms with Crippen LogP contribution in [0.2, 0.25) is 0 Å². The second-order valence-electron chi connectivity index (χ2n) is 4.26. The van der Waals surface area contributed by atoms with Crippen molar-refractivity contribution in [2.24, 2.45) is 0 Å². The summed E-state index contributed by atoms with van der Waals surface area (Å²) in [6, 6.07) is 13.4. The average molecular weight is 366 g/mol. The average Bonchev–Trinajstić information content (AvgIpc) is 2.41. The molecule has 2 rings (SSSR count). The first kappa shape index (κ1) is 13.9. The first-order chi connectivity index (χ1) is 9.10. The molecule has 0 aliphatic rings. The summed E-state index contributed by atoms with van der Waals surface area (Å²) >= 11 is 2.23. The third-order valence-electron chi connectivity index (χ3n) is 2.79. The number of carbonyl (C=O) groups is 1. The molecule has 98 valence electrons. The molecule has 0 atom stereocenters. The molecule has 19 heavy (non-hydrogen) atoms. The van der Waals surface area contributed by atoms with E-state index < -0.39 is 0 Å². The van der Waals surface area contributed by atoms with Crippen molar-refractivity contribution in [3.05, 3.63) is 57.2 Å². The maximum atomic E-state index is 12.2. The lowest BCUT2D eigenvalue weighted by Crippen LogP contribution is -2.14. The molecule has 2 aromatic carbocycles. The minimum Gasteiger partial charge on any atom is -0.387 e. The molecule has 0 bridgehead atoms. The number of halogens is 1. The van der Waals surface area contributed by atoms with E-state index >= 15 is 0 Å². The number of carbonyl (C=O) groups excluding carboxylic acids is 1. The van der Waals surface area contributed by atoms with Crippen LogP contribution in [0.5, 0.6) is 0 Å². The summed E-state index contributed by atoms with van der Waals surface area (Å²) in [4.78, 5) is 12.2. The maximum absolute atomic E-state index is 12.2. The molecular formula is C15H15IN2O. The molecule has 0 aliphatic carbocycles. The predicted molar refractivity (Wildman–Crippen MR) is 87.8 cm³/mol. The minimum atomic E-state index is -0.106. The Kier molecular flexibility index (Phi) is 4.42. The Morgan fingerprint density at radius 1 is 1.11 bits per heavy atom. The summed E-state index contributed by atoms with van der Waals surface area (Å²) in [7, 11) is 1.82. The molecule has 0 aliphatic heterocycles. The topological polar surface area (TPSA) is 41.1 Å². The Hall–Kier alpha value is -1.56. The highest BCUT2D eigenvalue weighted by atomic mass is 127. The molecule has 4 heteroatoms. The van der Waals surface area contributed by atoms with E-state index in [1.54, 1.807) is 0 Å². The van der Waals surface area contributed by atoms with Gasteiger partial charge in [-0.2, -0.15) is 0 Å². The van der Waals surface area contributed by atoms with Crippen LogP contribution in [0.25, 0.3) is 0 Å². The first-order valence-electron chi connectivity index (χ1n) is 5.95. The summed E-state index contributed by atoms with van der Waals surface area (Å²) < 4.78 is 1.14. The van der Waals surface area contributed by atoms with Gasteiger partial charge in [0.1, 0.15) is 0 Å². The van der Waals surface area contributed by atoms with Gasteiger partial charge >= 0.3 is 0 Å². The molecule has 2 aromatic rings. The zero-order valence-corrected chi connectivity index (χ0v) is 13.0. The van der Waals surface area contributed by atoms with Crippen molar-refractivity contribution in [3.63, 3.8) is 0 Å². The molecule has 0 aromatic heterocycles. The standard InChI is InChI=1S/C15H15IN2O/c1-10-3-8-13(14(9-10)17-2)15(19)18-12-6-4-11(16)5-7-12/h3-9,17H,1-2H3,(H,18,19). The number of benzene rings is 2. The van der Waals surface area contributed by atoms with Crippen LogP contribution in [0.1, 0.15) is 15.9 Å². The van der Waals surface area contributed by atoms with Crippen LogP contribution < -0.4 is 10.6 Å². The second kappa shape index (κ2) is 6.06. The van der Waals surface area contributed by atoms with E-state index in [-0.39, 0.29) is 5.91 Å². The number of amides is 1. The van der Waals surface area contributed by atoms with E-state index in [9.17, 15) is 4.79 Å². The van der Waals surface area contributed by atoms with Crippen LogP contribution in [0, 0.1) is 10.5 Å². The number of rotatable bonds is 3. The van der Waals surface area contributed by atoms with E-state index in [0.29, 0.717) is 5.56 Å². The molecule has 0 unspecified atom stereocenters. The molecule has 1 amide bonds. The lowest BCUT2D eigenvalue weighted by atomic mass is 10.1. The predicted octanol–water partition coefficient (Wildman–Crippen LogP) is 3.89. The Bertz CT molecular complexity index is 594. The monoisotopic (exact) mass is 366 g/mol. The minimum absolute atomic E-state index is 0.106. The fourth-order valence-corrected chi connectivity index (χ4v) is 2.15. The second-order valence-corrected chi connectivity index (χ2v) is 5.51. The lowest BCUT2D eigenvalue weighted by molar-refractivity contribution is 0.102. The van der Waals surface area contributed by atoms with Crippen LogP contribution in [0.15, 0.2) is 42.5 Å². The Labute approximate surface area is 126 Å². The molecule has 3 nitrogen and oxygen atoms in total. The largest absolute Gasteiger partial charge is 0.387 e. The van der Waals surface area contributed by atoms with Gasteiger partial charge in [-0.05, 0) is 71.5 Å². The molecule has 0 radical (unpaired) electrons. The lowest BCUT2D eigenvalue weighted by Gasteiger charge is -2.10. The fraction of sp³-hybridized carbons (Fsp3) is 0.133. The normalized spacial score (nSPS) is 10.1. The zero-order valence-electron chi connectivity index (χ0n) is 10.8. The van der Waals surface area contributed by atoms with Crippen LogP contribution >= 0.6 is 22.6 Å². The van der Waals surface area contributed by atoms with Crippen molar-refractivity contribution in [2.75, 3.05) is 17.7 Å². The number of hydrogen-bond acceptors (Lipinski definition) is 2. The van der Waals surface area contributed by atoms with Crippen LogP contribution in [0.4, 0.5) is 11.4 Å². The SMILES string of the molecule is CNc1cc(C)ccc1C(=O)Nc1ccc(I)cc1. The van der Waals surface area contributed by atoms with E-state index in [1.807, 2.05) is 56.4 Å². The number of hydrogen-bond donors (Lipinski definition) is 2. The smallest absolute Gasteiger partial charge is 0.257 e. The van der Waals surface area contributed by atoms with Crippen LogP contribution in [-0.4, -0.2) is 13.0 Å². The molecule has 0 heterocycles. The van der Waals surface area contributed by atoms with Gasteiger partial charge in [-0.25, -0.2) is 0 Å². The highest BCUT2D eigenvalue weighted by Gasteiger charge is 2.10. The molecule has 0 saturated carbocycles. The van der Waals surface area contributed by atoms with Crippen LogP contribution in [-0.2, 0) is 0 Å². The van der Waals surface area contributed by atoms with Gasteiger partial charge in [-0.15, -0.1) is 0 Å².